The molecule has 1 aliphatic rings. The minimum Gasteiger partial charge on any atom is -0.493 e. The fourth-order valence-corrected chi connectivity index (χ4v) is 2.35. The minimum absolute atomic E-state index is 0.755. The quantitative estimate of drug-likeness (QED) is 0.683. The Hall–Kier alpha value is -1.77. The first-order valence-electron chi connectivity index (χ1n) is 5.49. The van der Waals surface area contributed by atoms with Gasteiger partial charge in [-0.1, -0.05) is 0 Å². The molecule has 0 saturated carbocycles. The number of aryl methyl sites for hydroxylation is 2. The highest BCUT2D eigenvalue weighted by molar-refractivity contribution is 5.98. The summed E-state index contributed by atoms with van der Waals surface area (Å²) >= 11 is 0. The Morgan fingerprint density at radius 3 is 3.12 bits per heavy atom. The van der Waals surface area contributed by atoms with E-state index in [2.05, 4.69) is 6.07 Å². The van der Waals surface area contributed by atoms with Crippen LogP contribution in [0, 0.1) is 0 Å². The lowest BCUT2D eigenvalue weighted by Crippen LogP contribution is -2.08. The Balaban J connectivity index is 2.32. The maximum Gasteiger partial charge on any atom is 0.152 e. The van der Waals surface area contributed by atoms with Crippen molar-refractivity contribution in [3.63, 3.8) is 0 Å². The van der Waals surface area contributed by atoms with Gasteiger partial charge in [-0.15, -0.1) is 0 Å². The second-order valence-corrected chi connectivity index (χ2v) is 4.24. The van der Waals surface area contributed by atoms with E-state index < -0.39 is 0 Å². The third kappa shape index (κ3) is 1.24. The first-order chi connectivity index (χ1) is 7.79. The number of aromatic nitrogens is 1. The number of aldehydes is 1. The normalized spacial score (nSPS) is 14.6. The van der Waals surface area contributed by atoms with Gasteiger partial charge in [-0.2, -0.15) is 0 Å². The van der Waals surface area contributed by atoms with Crippen LogP contribution in [0.4, 0.5) is 0 Å². The van der Waals surface area contributed by atoms with Crippen LogP contribution in [-0.2, 0) is 13.5 Å². The van der Waals surface area contributed by atoms with E-state index in [1.54, 1.807) is 0 Å². The average molecular weight is 215 g/mol. The van der Waals surface area contributed by atoms with Gasteiger partial charge >= 0.3 is 0 Å². The number of fused-ring (bicyclic) bond motifs is 2. The van der Waals surface area contributed by atoms with Crippen LogP contribution in [0.15, 0.2) is 18.3 Å². The minimum atomic E-state index is 0.755. The molecule has 16 heavy (non-hydrogen) atoms. The maximum absolute atomic E-state index is 11.0. The van der Waals surface area contributed by atoms with E-state index >= 15 is 0 Å². The van der Waals surface area contributed by atoms with Gasteiger partial charge in [0, 0.05) is 30.3 Å². The summed E-state index contributed by atoms with van der Waals surface area (Å²) in [6.07, 6.45) is 4.88. The van der Waals surface area contributed by atoms with Crippen molar-refractivity contribution < 1.29 is 9.53 Å². The Morgan fingerprint density at radius 1 is 1.44 bits per heavy atom. The van der Waals surface area contributed by atoms with Gasteiger partial charge in [0.2, 0.25) is 0 Å². The van der Waals surface area contributed by atoms with Crippen LogP contribution in [0.1, 0.15) is 22.3 Å². The molecule has 0 amide bonds. The van der Waals surface area contributed by atoms with Crippen LogP contribution in [0.2, 0.25) is 0 Å². The van der Waals surface area contributed by atoms with E-state index in [-0.39, 0.29) is 0 Å². The highest BCUT2D eigenvalue weighted by Crippen LogP contribution is 2.31. The number of hydrogen-bond donors (Lipinski definition) is 0. The molecule has 0 spiro atoms. The largest absolute Gasteiger partial charge is 0.493 e. The van der Waals surface area contributed by atoms with E-state index in [4.69, 9.17) is 4.74 Å². The molecule has 0 N–H and O–H groups in total. The highest BCUT2D eigenvalue weighted by atomic mass is 16.5. The van der Waals surface area contributed by atoms with E-state index in [1.807, 2.05) is 23.9 Å². The third-order valence-corrected chi connectivity index (χ3v) is 3.18. The summed E-state index contributed by atoms with van der Waals surface area (Å²) in [6, 6.07) is 4.13. The first-order valence-corrected chi connectivity index (χ1v) is 5.49. The van der Waals surface area contributed by atoms with Gasteiger partial charge in [0.15, 0.2) is 6.29 Å². The fraction of sp³-hybridized carbons (Fsp3) is 0.308. The van der Waals surface area contributed by atoms with Crippen molar-refractivity contribution in [1.29, 1.82) is 0 Å². The monoisotopic (exact) mass is 215 g/mol. The van der Waals surface area contributed by atoms with Crippen LogP contribution >= 0.6 is 0 Å². The van der Waals surface area contributed by atoms with Gasteiger partial charge in [0.05, 0.1) is 12.1 Å². The molecule has 3 nitrogen and oxygen atoms in total. The molecule has 2 aromatic rings. The van der Waals surface area contributed by atoms with E-state index in [0.29, 0.717) is 0 Å². The summed E-state index contributed by atoms with van der Waals surface area (Å²) in [5.41, 5.74) is 3.03. The zero-order valence-corrected chi connectivity index (χ0v) is 9.19. The van der Waals surface area contributed by atoms with Crippen molar-refractivity contribution in [3.8, 4) is 5.75 Å². The zero-order chi connectivity index (χ0) is 11.1. The standard InChI is InChI=1S/C13H13NO2/c1-14-7-10(8-15)11-5-9-3-2-4-16-13(9)6-12(11)14/h5-8H,2-4H2,1H3. The van der Waals surface area contributed by atoms with Crippen LogP contribution < -0.4 is 4.74 Å². The maximum atomic E-state index is 11.0. The van der Waals surface area contributed by atoms with Crippen LogP contribution in [-0.4, -0.2) is 17.5 Å². The number of benzene rings is 1. The van der Waals surface area contributed by atoms with Gasteiger partial charge in [0.1, 0.15) is 5.75 Å². The van der Waals surface area contributed by atoms with E-state index in [0.717, 1.165) is 48.0 Å². The van der Waals surface area contributed by atoms with Crippen LogP contribution in [0.3, 0.4) is 0 Å². The molecule has 1 aromatic heterocycles. The molecule has 0 aliphatic carbocycles. The number of carbonyl (C=O) groups excluding carboxylic acids is 1. The topological polar surface area (TPSA) is 31.2 Å². The zero-order valence-electron chi connectivity index (χ0n) is 9.19. The smallest absolute Gasteiger partial charge is 0.152 e. The molecule has 1 aromatic carbocycles. The van der Waals surface area contributed by atoms with Crippen molar-refractivity contribution in [3.05, 3.63) is 29.5 Å². The van der Waals surface area contributed by atoms with Gasteiger partial charge in [-0.3, -0.25) is 4.79 Å². The van der Waals surface area contributed by atoms with Crippen molar-refractivity contribution in [2.24, 2.45) is 7.05 Å². The van der Waals surface area contributed by atoms with Crippen molar-refractivity contribution in [2.75, 3.05) is 6.61 Å². The molecular formula is C13H13NO2. The molecule has 0 unspecified atom stereocenters. The summed E-state index contributed by atoms with van der Waals surface area (Å²) in [4.78, 5) is 11.0. The second kappa shape index (κ2) is 3.37. The Morgan fingerprint density at radius 2 is 2.31 bits per heavy atom. The average Bonchev–Trinajstić information content (AvgIpc) is 2.63. The van der Waals surface area contributed by atoms with E-state index in [9.17, 15) is 4.79 Å². The summed E-state index contributed by atoms with van der Waals surface area (Å²) in [5, 5.41) is 1.03. The van der Waals surface area contributed by atoms with Gasteiger partial charge in [-0.25, -0.2) is 0 Å². The lowest BCUT2D eigenvalue weighted by molar-refractivity contribution is 0.112. The molecule has 3 heteroatoms. The van der Waals surface area contributed by atoms with Crippen LogP contribution in [0.5, 0.6) is 5.75 Å². The molecule has 0 saturated heterocycles. The molecule has 0 bridgehead atoms. The Bertz CT molecular complexity index is 569. The van der Waals surface area contributed by atoms with Crippen LogP contribution in [0.25, 0.3) is 10.9 Å². The molecule has 2 heterocycles. The number of ether oxygens (including phenoxy) is 1. The first kappa shape index (κ1) is 9.46. The van der Waals surface area contributed by atoms with Gasteiger partial charge in [-0.05, 0) is 24.5 Å². The molecule has 0 atom stereocenters. The summed E-state index contributed by atoms with van der Waals surface area (Å²) in [5.74, 6) is 0.970. The Labute approximate surface area is 93.6 Å². The third-order valence-electron chi connectivity index (χ3n) is 3.18. The summed E-state index contributed by atoms with van der Waals surface area (Å²) < 4.78 is 7.60. The fourth-order valence-electron chi connectivity index (χ4n) is 2.35. The number of hydrogen-bond acceptors (Lipinski definition) is 2. The lowest BCUT2D eigenvalue weighted by atomic mass is 10.0. The Kier molecular flexibility index (Phi) is 1.99. The molecular weight excluding hydrogens is 202 g/mol. The predicted octanol–water partition coefficient (Wildman–Crippen LogP) is 2.32. The number of nitrogens with zero attached hydrogens (tertiary/aromatic N) is 1. The lowest BCUT2D eigenvalue weighted by Gasteiger charge is -2.17. The molecule has 0 radical (unpaired) electrons. The number of carbonyl (C=O) groups is 1. The molecule has 1 aliphatic heterocycles. The van der Waals surface area contributed by atoms with Crippen molar-refractivity contribution in [2.45, 2.75) is 12.8 Å². The summed E-state index contributed by atoms with van der Waals surface area (Å²) in [7, 11) is 1.95. The van der Waals surface area contributed by atoms with Crippen molar-refractivity contribution >= 4 is 17.2 Å². The second-order valence-electron chi connectivity index (χ2n) is 4.24. The molecule has 3 rings (SSSR count). The highest BCUT2D eigenvalue weighted by Gasteiger charge is 2.14. The summed E-state index contributed by atoms with van der Waals surface area (Å²) in [6.45, 7) is 0.795. The predicted molar refractivity (Wildman–Crippen MR) is 62.1 cm³/mol. The van der Waals surface area contributed by atoms with E-state index in [1.165, 1.54) is 5.56 Å². The van der Waals surface area contributed by atoms with Gasteiger partial charge in [0.25, 0.3) is 0 Å². The molecule has 82 valence electrons. The molecule has 0 fully saturated rings. The van der Waals surface area contributed by atoms with Gasteiger partial charge < -0.3 is 9.30 Å². The number of rotatable bonds is 1. The SMILES string of the molecule is Cn1cc(C=O)c2cc3c(cc21)OCCC3. The van der Waals surface area contributed by atoms with Crippen molar-refractivity contribution in [1.82, 2.24) is 4.57 Å².